The van der Waals surface area contributed by atoms with Gasteiger partial charge in [0, 0.05) is 25.3 Å². The highest BCUT2D eigenvalue weighted by Gasteiger charge is 2.33. The van der Waals surface area contributed by atoms with E-state index in [9.17, 15) is 4.79 Å². The molecule has 27 heavy (non-hydrogen) atoms. The van der Waals surface area contributed by atoms with Crippen molar-refractivity contribution in [1.29, 1.82) is 0 Å². The third-order valence-electron chi connectivity index (χ3n) is 4.95. The summed E-state index contributed by atoms with van der Waals surface area (Å²) in [6.45, 7) is 5.59. The first-order valence-electron chi connectivity index (χ1n) is 9.48. The number of urea groups is 1. The van der Waals surface area contributed by atoms with Gasteiger partial charge in [-0.1, -0.05) is 6.07 Å². The SMILES string of the molecule is Cc1nc(N2CCOCC2)ccc1NC(=O)N(Cc1ccccn1)C1CC1. The number of rotatable bonds is 5. The number of carbonyl (C=O) groups excluding carboxylic acids is 1. The Morgan fingerprint density at radius 2 is 2.07 bits per heavy atom. The Hall–Kier alpha value is -2.67. The van der Waals surface area contributed by atoms with Crippen LogP contribution in [0.5, 0.6) is 0 Å². The molecular weight excluding hydrogens is 342 g/mol. The molecule has 3 heterocycles. The lowest BCUT2D eigenvalue weighted by atomic mass is 10.3. The second-order valence-corrected chi connectivity index (χ2v) is 7.01. The van der Waals surface area contributed by atoms with Crippen LogP contribution in [0.1, 0.15) is 24.2 Å². The molecule has 2 aliphatic rings. The quantitative estimate of drug-likeness (QED) is 0.880. The normalized spacial score (nSPS) is 16.9. The van der Waals surface area contributed by atoms with Crippen LogP contribution in [0.2, 0.25) is 0 Å². The highest BCUT2D eigenvalue weighted by Crippen LogP contribution is 2.29. The summed E-state index contributed by atoms with van der Waals surface area (Å²) in [6.07, 6.45) is 3.86. The predicted octanol–water partition coefficient (Wildman–Crippen LogP) is 2.82. The summed E-state index contributed by atoms with van der Waals surface area (Å²) in [5, 5.41) is 3.04. The monoisotopic (exact) mass is 367 g/mol. The van der Waals surface area contributed by atoms with Gasteiger partial charge in [-0.25, -0.2) is 9.78 Å². The summed E-state index contributed by atoms with van der Waals surface area (Å²) in [5.41, 5.74) is 2.47. The number of aromatic nitrogens is 2. The van der Waals surface area contributed by atoms with Crippen molar-refractivity contribution < 1.29 is 9.53 Å². The van der Waals surface area contributed by atoms with Crippen molar-refractivity contribution in [2.45, 2.75) is 32.4 Å². The minimum absolute atomic E-state index is 0.0906. The molecule has 1 N–H and O–H groups in total. The van der Waals surface area contributed by atoms with Gasteiger partial charge in [-0.05, 0) is 44.0 Å². The smallest absolute Gasteiger partial charge is 0.322 e. The third-order valence-corrected chi connectivity index (χ3v) is 4.95. The van der Waals surface area contributed by atoms with Gasteiger partial charge in [0.25, 0.3) is 0 Å². The van der Waals surface area contributed by atoms with Crippen LogP contribution in [0.25, 0.3) is 0 Å². The Kier molecular flexibility index (Phi) is 5.20. The summed E-state index contributed by atoms with van der Waals surface area (Å²) < 4.78 is 5.39. The maximum Gasteiger partial charge on any atom is 0.322 e. The molecule has 1 saturated heterocycles. The molecule has 1 aliphatic heterocycles. The van der Waals surface area contributed by atoms with Crippen molar-refractivity contribution >= 4 is 17.5 Å². The summed E-state index contributed by atoms with van der Waals surface area (Å²) in [7, 11) is 0. The van der Waals surface area contributed by atoms with E-state index in [0.29, 0.717) is 12.6 Å². The topological polar surface area (TPSA) is 70.6 Å². The molecule has 7 heteroatoms. The molecule has 0 unspecified atom stereocenters. The van der Waals surface area contributed by atoms with E-state index in [2.05, 4.69) is 20.2 Å². The number of morpholine rings is 1. The molecule has 2 aromatic rings. The second-order valence-electron chi connectivity index (χ2n) is 7.01. The van der Waals surface area contributed by atoms with Gasteiger partial charge in [-0.15, -0.1) is 0 Å². The van der Waals surface area contributed by atoms with Crippen LogP contribution < -0.4 is 10.2 Å². The predicted molar refractivity (Wildman–Crippen MR) is 104 cm³/mol. The number of carbonyl (C=O) groups is 1. The molecule has 2 fully saturated rings. The maximum absolute atomic E-state index is 12.9. The molecule has 2 amide bonds. The highest BCUT2D eigenvalue weighted by atomic mass is 16.5. The van der Waals surface area contributed by atoms with Crippen LogP contribution in [0, 0.1) is 6.92 Å². The summed E-state index contributed by atoms with van der Waals surface area (Å²) in [4.78, 5) is 26.0. The van der Waals surface area contributed by atoms with E-state index < -0.39 is 0 Å². The fourth-order valence-corrected chi connectivity index (χ4v) is 3.25. The van der Waals surface area contributed by atoms with Gasteiger partial charge in [-0.3, -0.25) is 4.98 Å². The number of nitrogens with one attached hydrogen (secondary N) is 1. The molecule has 0 radical (unpaired) electrons. The number of anilines is 2. The lowest BCUT2D eigenvalue weighted by molar-refractivity contribution is 0.122. The zero-order chi connectivity index (χ0) is 18.6. The average Bonchev–Trinajstić information content (AvgIpc) is 3.54. The number of ether oxygens (including phenoxy) is 1. The fourth-order valence-electron chi connectivity index (χ4n) is 3.25. The molecule has 7 nitrogen and oxygen atoms in total. The number of nitrogens with zero attached hydrogens (tertiary/aromatic N) is 4. The summed E-state index contributed by atoms with van der Waals surface area (Å²) in [6, 6.07) is 9.90. The van der Waals surface area contributed by atoms with Crippen LogP contribution in [0.3, 0.4) is 0 Å². The Morgan fingerprint density at radius 3 is 2.74 bits per heavy atom. The van der Waals surface area contributed by atoms with Gasteiger partial charge in [0.15, 0.2) is 0 Å². The van der Waals surface area contributed by atoms with Crippen molar-refractivity contribution in [1.82, 2.24) is 14.9 Å². The van der Waals surface area contributed by atoms with Crippen molar-refractivity contribution in [3.8, 4) is 0 Å². The van der Waals surface area contributed by atoms with Crippen molar-refractivity contribution in [3.63, 3.8) is 0 Å². The summed E-state index contributed by atoms with van der Waals surface area (Å²) >= 11 is 0. The average molecular weight is 367 g/mol. The zero-order valence-electron chi connectivity index (χ0n) is 15.6. The molecule has 0 aromatic carbocycles. The van der Waals surface area contributed by atoms with Crippen LogP contribution >= 0.6 is 0 Å². The van der Waals surface area contributed by atoms with Gasteiger partial charge in [-0.2, -0.15) is 0 Å². The Bertz CT molecular complexity index is 788. The minimum Gasteiger partial charge on any atom is -0.378 e. The second kappa shape index (κ2) is 7.92. The number of hydrogen-bond acceptors (Lipinski definition) is 5. The van der Waals surface area contributed by atoms with Crippen LogP contribution in [-0.4, -0.2) is 53.2 Å². The molecule has 2 aromatic heterocycles. The number of aryl methyl sites for hydroxylation is 1. The van der Waals surface area contributed by atoms with E-state index in [0.717, 1.165) is 62.0 Å². The lowest BCUT2D eigenvalue weighted by Gasteiger charge is -2.28. The minimum atomic E-state index is -0.0906. The van der Waals surface area contributed by atoms with Gasteiger partial charge in [0.05, 0.1) is 36.8 Å². The number of pyridine rings is 2. The third kappa shape index (κ3) is 4.36. The van der Waals surface area contributed by atoms with Gasteiger partial charge < -0.3 is 19.9 Å². The first kappa shape index (κ1) is 17.7. The number of hydrogen-bond donors (Lipinski definition) is 1. The van der Waals surface area contributed by atoms with Gasteiger partial charge in [0.2, 0.25) is 0 Å². The molecule has 4 rings (SSSR count). The molecule has 0 atom stereocenters. The standard InChI is InChI=1S/C20H25N5O2/c1-15-18(7-8-19(22-15)24-10-12-27-13-11-24)23-20(26)25(17-5-6-17)14-16-4-2-3-9-21-16/h2-4,7-9,17H,5-6,10-14H2,1H3,(H,23,26). The largest absolute Gasteiger partial charge is 0.378 e. The van der Waals surface area contributed by atoms with E-state index in [1.807, 2.05) is 42.2 Å². The molecule has 0 bridgehead atoms. The van der Waals surface area contributed by atoms with E-state index in [-0.39, 0.29) is 6.03 Å². The van der Waals surface area contributed by atoms with Crippen molar-refractivity contribution in [2.75, 3.05) is 36.5 Å². The van der Waals surface area contributed by atoms with E-state index >= 15 is 0 Å². The van der Waals surface area contributed by atoms with Crippen molar-refractivity contribution in [3.05, 3.63) is 47.9 Å². The van der Waals surface area contributed by atoms with Crippen LogP contribution in [0.15, 0.2) is 36.5 Å². The Labute approximate surface area is 159 Å². The lowest BCUT2D eigenvalue weighted by Crippen LogP contribution is -2.37. The van der Waals surface area contributed by atoms with E-state index in [1.54, 1.807) is 6.20 Å². The van der Waals surface area contributed by atoms with Crippen molar-refractivity contribution in [2.24, 2.45) is 0 Å². The van der Waals surface area contributed by atoms with Gasteiger partial charge in [0.1, 0.15) is 5.82 Å². The Balaban J connectivity index is 1.44. The molecule has 1 saturated carbocycles. The van der Waals surface area contributed by atoms with Gasteiger partial charge >= 0.3 is 6.03 Å². The summed E-state index contributed by atoms with van der Waals surface area (Å²) in [5.74, 6) is 0.932. The van der Waals surface area contributed by atoms with E-state index in [1.165, 1.54) is 0 Å². The maximum atomic E-state index is 12.9. The fraction of sp³-hybridized carbons (Fsp3) is 0.450. The Morgan fingerprint density at radius 1 is 1.26 bits per heavy atom. The van der Waals surface area contributed by atoms with Crippen LogP contribution in [-0.2, 0) is 11.3 Å². The molecule has 0 spiro atoms. The van der Waals surface area contributed by atoms with E-state index in [4.69, 9.17) is 4.74 Å². The first-order valence-corrected chi connectivity index (χ1v) is 9.48. The first-order chi connectivity index (χ1) is 13.2. The molecule has 142 valence electrons. The molecule has 1 aliphatic carbocycles. The number of amides is 2. The zero-order valence-corrected chi connectivity index (χ0v) is 15.6. The van der Waals surface area contributed by atoms with Crippen LogP contribution in [0.4, 0.5) is 16.3 Å². The molecular formula is C20H25N5O2. The highest BCUT2D eigenvalue weighted by molar-refractivity contribution is 5.90.